The molecule has 130 valence electrons. The number of amides is 2. The van der Waals surface area contributed by atoms with Gasteiger partial charge in [0.05, 0.1) is 18.1 Å². The van der Waals surface area contributed by atoms with E-state index in [1.807, 2.05) is 45.9 Å². The van der Waals surface area contributed by atoms with Crippen molar-refractivity contribution in [3.05, 3.63) is 28.7 Å². The molecule has 2 rings (SSSR count). The summed E-state index contributed by atoms with van der Waals surface area (Å²) < 4.78 is 11.1. The molecule has 0 N–H and O–H groups in total. The minimum absolute atomic E-state index is 0.212. The lowest BCUT2D eigenvalue weighted by Gasteiger charge is -2.14. The van der Waals surface area contributed by atoms with Gasteiger partial charge in [0.15, 0.2) is 11.5 Å². The van der Waals surface area contributed by atoms with E-state index in [9.17, 15) is 9.59 Å². The molecule has 1 fully saturated rings. The minimum Gasteiger partial charge on any atom is -0.490 e. The van der Waals surface area contributed by atoms with Crippen LogP contribution in [0.5, 0.6) is 11.5 Å². The fourth-order valence-electron chi connectivity index (χ4n) is 2.33. The second-order valence-electron chi connectivity index (χ2n) is 5.76. The number of thioether (sulfide) groups is 1. The average Bonchev–Trinajstić information content (AvgIpc) is 2.77. The highest BCUT2D eigenvalue weighted by Gasteiger charge is 2.35. The molecule has 1 aliphatic heterocycles. The van der Waals surface area contributed by atoms with Crippen LogP contribution in [0.2, 0.25) is 0 Å². The summed E-state index contributed by atoms with van der Waals surface area (Å²) in [6.07, 6.45) is 1.73. The Labute approximate surface area is 147 Å². The summed E-state index contributed by atoms with van der Waals surface area (Å²) in [6, 6.07) is 5.49. The van der Waals surface area contributed by atoms with Gasteiger partial charge in [-0.2, -0.15) is 0 Å². The molecule has 0 atom stereocenters. The number of rotatable bonds is 7. The predicted octanol–water partition coefficient (Wildman–Crippen LogP) is 4.18. The van der Waals surface area contributed by atoms with E-state index in [4.69, 9.17) is 9.47 Å². The fraction of sp³-hybridized carbons (Fsp3) is 0.444. The standard InChI is InChI=1S/C18H23NO4S/c1-5-22-14-8-7-13(9-15(14)23-6-2)10-16-17(20)19(11-12(3)4)18(21)24-16/h7-10,12H,5-6,11H2,1-4H3/b16-10-. The molecule has 0 aromatic heterocycles. The van der Waals surface area contributed by atoms with E-state index in [1.165, 1.54) is 4.90 Å². The van der Waals surface area contributed by atoms with Crippen molar-refractivity contribution in [3.8, 4) is 11.5 Å². The SMILES string of the molecule is CCOc1ccc(/C=C2\SC(=O)N(CC(C)C)C2=O)cc1OCC. The smallest absolute Gasteiger partial charge is 0.293 e. The van der Waals surface area contributed by atoms with Gasteiger partial charge >= 0.3 is 0 Å². The minimum atomic E-state index is -0.231. The molecular formula is C18H23NO4S. The summed E-state index contributed by atoms with van der Waals surface area (Å²) in [7, 11) is 0. The maximum atomic E-state index is 12.4. The molecule has 1 saturated heterocycles. The van der Waals surface area contributed by atoms with Crippen molar-refractivity contribution >= 4 is 29.0 Å². The normalized spacial score (nSPS) is 16.4. The van der Waals surface area contributed by atoms with Gasteiger partial charge in [-0.15, -0.1) is 0 Å². The summed E-state index contributed by atoms with van der Waals surface area (Å²) in [5.74, 6) is 1.32. The highest BCUT2D eigenvalue weighted by Crippen LogP contribution is 2.35. The van der Waals surface area contributed by atoms with E-state index in [0.717, 1.165) is 17.3 Å². The number of nitrogens with zero attached hydrogens (tertiary/aromatic N) is 1. The third-order valence-electron chi connectivity index (χ3n) is 3.29. The Hall–Kier alpha value is -1.95. The largest absolute Gasteiger partial charge is 0.490 e. The fourth-order valence-corrected chi connectivity index (χ4v) is 3.18. The molecule has 0 bridgehead atoms. The summed E-state index contributed by atoms with van der Waals surface area (Å²) in [4.78, 5) is 26.1. The van der Waals surface area contributed by atoms with Gasteiger partial charge in [-0.25, -0.2) is 0 Å². The third kappa shape index (κ3) is 4.32. The Morgan fingerprint density at radius 2 is 1.79 bits per heavy atom. The molecule has 24 heavy (non-hydrogen) atoms. The summed E-state index contributed by atoms with van der Waals surface area (Å²) >= 11 is 0.979. The highest BCUT2D eigenvalue weighted by molar-refractivity contribution is 8.18. The second-order valence-corrected chi connectivity index (χ2v) is 6.75. The Bertz CT molecular complexity index is 654. The molecule has 1 heterocycles. The number of carbonyl (C=O) groups is 2. The molecule has 0 unspecified atom stereocenters. The van der Waals surface area contributed by atoms with E-state index < -0.39 is 0 Å². The van der Waals surface area contributed by atoms with Gasteiger partial charge in [-0.05, 0) is 55.3 Å². The van der Waals surface area contributed by atoms with Crippen LogP contribution in [0.25, 0.3) is 6.08 Å². The monoisotopic (exact) mass is 349 g/mol. The summed E-state index contributed by atoms with van der Waals surface area (Å²) in [5, 5.41) is -0.212. The van der Waals surface area contributed by atoms with Crippen LogP contribution in [-0.4, -0.2) is 35.8 Å². The lowest BCUT2D eigenvalue weighted by Crippen LogP contribution is -2.31. The molecule has 1 aromatic carbocycles. The predicted molar refractivity (Wildman–Crippen MR) is 96.3 cm³/mol. The lowest BCUT2D eigenvalue weighted by molar-refractivity contribution is -0.123. The zero-order valence-electron chi connectivity index (χ0n) is 14.5. The molecular weight excluding hydrogens is 326 g/mol. The van der Waals surface area contributed by atoms with Gasteiger partial charge in [0, 0.05) is 6.54 Å². The van der Waals surface area contributed by atoms with Crippen LogP contribution in [0.3, 0.4) is 0 Å². The van der Waals surface area contributed by atoms with Crippen LogP contribution >= 0.6 is 11.8 Å². The Morgan fingerprint density at radius 1 is 1.12 bits per heavy atom. The van der Waals surface area contributed by atoms with E-state index >= 15 is 0 Å². The highest BCUT2D eigenvalue weighted by atomic mass is 32.2. The van der Waals surface area contributed by atoms with E-state index in [1.54, 1.807) is 6.08 Å². The van der Waals surface area contributed by atoms with Gasteiger partial charge in [-0.3, -0.25) is 14.5 Å². The number of benzene rings is 1. The van der Waals surface area contributed by atoms with Gasteiger partial charge < -0.3 is 9.47 Å². The van der Waals surface area contributed by atoms with Gasteiger partial charge in [-0.1, -0.05) is 19.9 Å². The lowest BCUT2D eigenvalue weighted by atomic mass is 10.1. The maximum absolute atomic E-state index is 12.4. The van der Waals surface area contributed by atoms with Crippen molar-refractivity contribution in [2.45, 2.75) is 27.7 Å². The number of imide groups is 1. The molecule has 0 radical (unpaired) electrons. The number of hydrogen-bond acceptors (Lipinski definition) is 5. The maximum Gasteiger partial charge on any atom is 0.293 e. The van der Waals surface area contributed by atoms with E-state index in [0.29, 0.717) is 36.2 Å². The first-order valence-corrected chi connectivity index (χ1v) is 8.92. The van der Waals surface area contributed by atoms with Crippen molar-refractivity contribution in [1.82, 2.24) is 4.90 Å². The number of ether oxygens (including phenoxy) is 2. The topological polar surface area (TPSA) is 55.8 Å². The zero-order chi connectivity index (χ0) is 17.7. The zero-order valence-corrected chi connectivity index (χ0v) is 15.3. The first-order valence-electron chi connectivity index (χ1n) is 8.11. The van der Waals surface area contributed by atoms with Crippen LogP contribution in [0, 0.1) is 5.92 Å². The van der Waals surface area contributed by atoms with Crippen LogP contribution in [0.15, 0.2) is 23.1 Å². The van der Waals surface area contributed by atoms with Gasteiger partial charge in [0.25, 0.3) is 11.1 Å². The van der Waals surface area contributed by atoms with Crippen LogP contribution in [0.4, 0.5) is 4.79 Å². The summed E-state index contributed by atoms with van der Waals surface area (Å²) in [6.45, 7) is 9.28. The van der Waals surface area contributed by atoms with Gasteiger partial charge in [0.2, 0.25) is 0 Å². The summed E-state index contributed by atoms with van der Waals surface area (Å²) in [5.41, 5.74) is 0.803. The molecule has 0 spiro atoms. The Morgan fingerprint density at radius 3 is 2.42 bits per heavy atom. The van der Waals surface area contributed by atoms with Crippen molar-refractivity contribution in [1.29, 1.82) is 0 Å². The van der Waals surface area contributed by atoms with E-state index in [2.05, 4.69) is 0 Å². The second kappa shape index (κ2) is 8.24. The van der Waals surface area contributed by atoms with Crippen molar-refractivity contribution in [2.24, 2.45) is 5.92 Å². The average molecular weight is 349 g/mol. The molecule has 0 saturated carbocycles. The van der Waals surface area contributed by atoms with Crippen LogP contribution in [-0.2, 0) is 4.79 Å². The molecule has 0 aliphatic carbocycles. The number of carbonyl (C=O) groups excluding carboxylic acids is 2. The van der Waals surface area contributed by atoms with Crippen molar-refractivity contribution in [3.63, 3.8) is 0 Å². The third-order valence-corrected chi connectivity index (χ3v) is 4.19. The molecule has 1 aliphatic rings. The van der Waals surface area contributed by atoms with Crippen LogP contribution < -0.4 is 9.47 Å². The Balaban J connectivity index is 2.26. The molecule has 1 aromatic rings. The first kappa shape index (κ1) is 18.4. The van der Waals surface area contributed by atoms with Crippen molar-refractivity contribution < 1.29 is 19.1 Å². The first-order chi connectivity index (χ1) is 11.5. The Kier molecular flexibility index (Phi) is 6.31. The molecule has 6 heteroatoms. The van der Waals surface area contributed by atoms with Crippen molar-refractivity contribution in [2.75, 3.05) is 19.8 Å². The number of hydrogen-bond donors (Lipinski definition) is 0. The van der Waals surface area contributed by atoms with Crippen LogP contribution in [0.1, 0.15) is 33.3 Å². The molecule has 2 amide bonds. The van der Waals surface area contributed by atoms with Gasteiger partial charge in [0.1, 0.15) is 0 Å². The molecule has 5 nitrogen and oxygen atoms in total. The van der Waals surface area contributed by atoms with E-state index in [-0.39, 0.29) is 17.1 Å². The quantitative estimate of drug-likeness (QED) is 0.691.